The van der Waals surface area contributed by atoms with Gasteiger partial charge in [-0.15, -0.1) is 0 Å². The highest BCUT2D eigenvalue weighted by atomic mass is 16.1. The van der Waals surface area contributed by atoms with Gasteiger partial charge in [-0.1, -0.05) is 30.3 Å². The first-order chi connectivity index (χ1) is 7.34. The zero-order chi connectivity index (χ0) is 10.3. The quantitative estimate of drug-likeness (QED) is 0.680. The minimum absolute atomic E-state index is 0.206. The summed E-state index contributed by atoms with van der Waals surface area (Å²) in [5.74, 6) is 1.92. The van der Waals surface area contributed by atoms with Gasteiger partial charge in [-0.25, -0.2) is 0 Å². The normalized spacial score (nSPS) is 34.4. The molecule has 1 nitrogen and oxygen atoms in total. The Morgan fingerprint density at radius 1 is 1.00 bits per heavy atom. The number of ketones is 1. The molecule has 2 bridgehead atoms. The third-order valence-corrected chi connectivity index (χ3v) is 4.06. The van der Waals surface area contributed by atoms with Crippen LogP contribution in [0.1, 0.15) is 37.2 Å². The van der Waals surface area contributed by atoms with E-state index in [9.17, 15) is 4.79 Å². The van der Waals surface area contributed by atoms with Gasteiger partial charge in [0, 0.05) is 11.8 Å². The monoisotopic (exact) mass is 200 g/mol. The van der Waals surface area contributed by atoms with Crippen LogP contribution < -0.4 is 0 Å². The first-order valence-electron chi connectivity index (χ1n) is 5.93. The van der Waals surface area contributed by atoms with Crippen molar-refractivity contribution in [1.82, 2.24) is 0 Å². The SMILES string of the molecule is O=C1C2CCC(C2)CC1c1ccccc1. The van der Waals surface area contributed by atoms with Crippen molar-refractivity contribution in [3.8, 4) is 0 Å². The average Bonchev–Trinajstić information content (AvgIpc) is 2.69. The molecule has 0 heterocycles. The molecule has 0 saturated heterocycles. The van der Waals surface area contributed by atoms with Crippen molar-refractivity contribution in [2.75, 3.05) is 0 Å². The Morgan fingerprint density at radius 3 is 2.60 bits per heavy atom. The van der Waals surface area contributed by atoms with Gasteiger partial charge in [0.05, 0.1) is 0 Å². The lowest BCUT2D eigenvalue weighted by Gasteiger charge is -2.26. The Bertz CT molecular complexity index is 368. The number of hydrogen-bond donors (Lipinski definition) is 0. The highest BCUT2D eigenvalue weighted by Gasteiger charge is 2.40. The van der Waals surface area contributed by atoms with E-state index in [1.165, 1.54) is 18.4 Å². The van der Waals surface area contributed by atoms with Gasteiger partial charge < -0.3 is 0 Å². The van der Waals surface area contributed by atoms with Crippen LogP contribution in [0.2, 0.25) is 0 Å². The predicted molar refractivity (Wildman–Crippen MR) is 59.6 cm³/mol. The van der Waals surface area contributed by atoms with E-state index in [1.54, 1.807) is 0 Å². The van der Waals surface area contributed by atoms with Crippen molar-refractivity contribution in [2.45, 2.75) is 31.6 Å². The summed E-state index contributed by atoms with van der Waals surface area (Å²) < 4.78 is 0. The first kappa shape index (κ1) is 9.14. The van der Waals surface area contributed by atoms with Crippen molar-refractivity contribution in [1.29, 1.82) is 0 Å². The lowest BCUT2D eigenvalue weighted by Crippen LogP contribution is -2.26. The molecule has 0 aliphatic heterocycles. The van der Waals surface area contributed by atoms with Gasteiger partial charge >= 0.3 is 0 Å². The van der Waals surface area contributed by atoms with E-state index in [-0.39, 0.29) is 5.92 Å². The second kappa shape index (κ2) is 3.48. The minimum atomic E-state index is 0.206. The zero-order valence-electron chi connectivity index (χ0n) is 8.86. The van der Waals surface area contributed by atoms with Crippen molar-refractivity contribution in [3.05, 3.63) is 35.9 Å². The molecule has 0 amide bonds. The molecule has 1 aromatic carbocycles. The predicted octanol–water partition coefficient (Wildman–Crippen LogP) is 3.16. The molecule has 0 aromatic heterocycles. The van der Waals surface area contributed by atoms with Gasteiger partial charge in [0.25, 0.3) is 0 Å². The van der Waals surface area contributed by atoms with Crippen LogP contribution in [-0.2, 0) is 4.79 Å². The van der Waals surface area contributed by atoms with Gasteiger partial charge in [0.1, 0.15) is 5.78 Å². The summed E-state index contributed by atoms with van der Waals surface area (Å²) >= 11 is 0. The van der Waals surface area contributed by atoms with Gasteiger partial charge in [-0.3, -0.25) is 4.79 Å². The summed E-state index contributed by atoms with van der Waals surface area (Å²) in [6, 6.07) is 10.3. The molecular weight excluding hydrogens is 184 g/mol. The molecule has 3 atom stereocenters. The van der Waals surface area contributed by atoms with Crippen LogP contribution in [0.15, 0.2) is 30.3 Å². The number of fused-ring (bicyclic) bond motifs is 2. The van der Waals surface area contributed by atoms with Crippen molar-refractivity contribution >= 4 is 5.78 Å². The van der Waals surface area contributed by atoms with Crippen LogP contribution in [-0.4, -0.2) is 5.78 Å². The summed E-state index contributed by atoms with van der Waals surface area (Å²) in [7, 11) is 0. The van der Waals surface area contributed by atoms with E-state index in [0.717, 1.165) is 18.8 Å². The summed E-state index contributed by atoms with van der Waals surface area (Å²) in [4.78, 5) is 12.2. The van der Waals surface area contributed by atoms with Crippen LogP contribution in [0.4, 0.5) is 0 Å². The molecule has 2 aliphatic carbocycles. The van der Waals surface area contributed by atoms with E-state index >= 15 is 0 Å². The topological polar surface area (TPSA) is 17.1 Å². The first-order valence-corrected chi connectivity index (χ1v) is 5.93. The maximum Gasteiger partial charge on any atom is 0.143 e. The molecule has 1 heteroatoms. The molecule has 3 rings (SSSR count). The molecule has 1 aromatic rings. The maximum atomic E-state index is 12.2. The Kier molecular flexibility index (Phi) is 2.12. The number of carbonyl (C=O) groups excluding carboxylic acids is 1. The molecule has 3 unspecified atom stereocenters. The van der Waals surface area contributed by atoms with Crippen LogP contribution in [0.25, 0.3) is 0 Å². The fraction of sp³-hybridized carbons (Fsp3) is 0.500. The third kappa shape index (κ3) is 1.50. The molecule has 78 valence electrons. The van der Waals surface area contributed by atoms with Crippen molar-refractivity contribution in [3.63, 3.8) is 0 Å². The molecule has 2 aliphatic rings. The smallest absolute Gasteiger partial charge is 0.143 e. The van der Waals surface area contributed by atoms with E-state index < -0.39 is 0 Å². The number of hydrogen-bond acceptors (Lipinski definition) is 1. The molecule has 15 heavy (non-hydrogen) atoms. The summed E-state index contributed by atoms with van der Waals surface area (Å²) in [6.45, 7) is 0. The number of benzene rings is 1. The van der Waals surface area contributed by atoms with Crippen LogP contribution in [0.3, 0.4) is 0 Å². The van der Waals surface area contributed by atoms with E-state index in [1.807, 2.05) is 18.2 Å². The van der Waals surface area contributed by atoms with Crippen molar-refractivity contribution in [2.24, 2.45) is 11.8 Å². The van der Waals surface area contributed by atoms with Crippen molar-refractivity contribution < 1.29 is 4.79 Å². The molecular formula is C14H16O. The number of rotatable bonds is 1. The second-order valence-electron chi connectivity index (χ2n) is 4.98. The summed E-state index contributed by atoms with van der Waals surface area (Å²) in [5.41, 5.74) is 1.24. The minimum Gasteiger partial charge on any atom is -0.299 e. The van der Waals surface area contributed by atoms with Gasteiger partial charge in [0.15, 0.2) is 0 Å². The fourth-order valence-electron chi connectivity index (χ4n) is 3.27. The highest BCUT2D eigenvalue weighted by Crippen LogP contribution is 2.45. The van der Waals surface area contributed by atoms with Gasteiger partial charge in [-0.05, 0) is 37.2 Å². The maximum absolute atomic E-state index is 12.2. The van der Waals surface area contributed by atoms with Gasteiger partial charge in [-0.2, -0.15) is 0 Å². The Balaban J connectivity index is 1.91. The third-order valence-electron chi connectivity index (χ3n) is 4.06. The van der Waals surface area contributed by atoms with E-state index in [2.05, 4.69) is 12.1 Å². The van der Waals surface area contributed by atoms with Crippen LogP contribution in [0, 0.1) is 11.8 Å². The molecule has 2 fully saturated rings. The largest absolute Gasteiger partial charge is 0.299 e. The Hall–Kier alpha value is -1.11. The van der Waals surface area contributed by atoms with E-state index in [0.29, 0.717) is 11.7 Å². The summed E-state index contributed by atoms with van der Waals surface area (Å²) in [5, 5.41) is 0. The summed E-state index contributed by atoms with van der Waals surface area (Å²) in [6.07, 6.45) is 4.69. The lowest BCUT2D eigenvalue weighted by molar-refractivity contribution is -0.125. The fourth-order valence-corrected chi connectivity index (χ4v) is 3.27. The number of carbonyl (C=O) groups is 1. The lowest BCUT2D eigenvalue weighted by atomic mass is 9.76. The molecule has 0 radical (unpaired) electrons. The van der Waals surface area contributed by atoms with Crippen LogP contribution in [0.5, 0.6) is 0 Å². The van der Waals surface area contributed by atoms with Crippen LogP contribution >= 0.6 is 0 Å². The zero-order valence-corrected chi connectivity index (χ0v) is 8.86. The Morgan fingerprint density at radius 2 is 1.80 bits per heavy atom. The molecule has 0 spiro atoms. The highest BCUT2D eigenvalue weighted by molar-refractivity contribution is 5.89. The number of Topliss-reactive ketones (excluding diaryl/α,β-unsaturated/α-hetero) is 1. The standard InChI is InChI=1S/C14H16O/c15-14-12-7-6-10(8-12)9-13(14)11-4-2-1-3-5-11/h1-5,10,12-13H,6-9H2. The second-order valence-corrected chi connectivity index (χ2v) is 4.98. The van der Waals surface area contributed by atoms with E-state index in [4.69, 9.17) is 0 Å². The molecule has 2 saturated carbocycles. The molecule has 0 N–H and O–H groups in total. The average molecular weight is 200 g/mol. The van der Waals surface area contributed by atoms with Gasteiger partial charge in [0.2, 0.25) is 0 Å². The Labute approximate surface area is 90.5 Å².